The topological polar surface area (TPSA) is 27.7 Å². The van der Waals surface area contributed by atoms with Gasteiger partial charge in [0.25, 0.3) is 0 Å². The van der Waals surface area contributed by atoms with Crippen LogP contribution in [0.25, 0.3) is 0 Å². The molecule has 0 aliphatic carbocycles. The largest absolute Gasteiger partial charge is 0.489 e. The minimum absolute atomic E-state index is 0.365. The van der Waals surface area contributed by atoms with E-state index in [1.165, 1.54) is 0 Å². The van der Waals surface area contributed by atoms with Crippen molar-refractivity contribution < 1.29 is 14.2 Å². The number of ether oxygens (including phenoxy) is 3. The highest BCUT2D eigenvalue weighted by atomic mass is 16.7. The molecule has 2 rings (SSSR count). The summed E-state index contributed by atoms with van der Waals surface area (Å²) in [7, 11) is 3.26. The van der Waals surface area contributed by atoms with E-state index < -0.39 is 0 Å². The fourth-order valence-corrected chi connectivity index (χ4v) is 1.92. The molecule has 0 aliphatic heterocycles. The van der Waals surface area contributed by atoms with Gasteiger partial charge in [0, 0.05) is 19.8 Å². The maximum absolute atomic E-state index is 5.76. The van der Waals surface area contributed by atoms with Crippen LogP contribution in [-0.4, -0.2) is 14.2 Å². The predicted octanol–water partition coefficient (Wildman–Crippen LogP) is 3.56. The fourth-order valence-electron chi connectivity index (χ4n) is 1.92. The molecule has 0 aliphatic rings. The van der Waals surface area contributed by atoms with Crippen LogP contribution in [0.3, 0.4) is 0 Å². The van der Waals surface area contributed by atoms with Crippen molar-refractivity contribution in [3.63, 3.8) is 0 Å². The lowest BCUT2D eigenvalue weighted by Gasteiger charge is -2.17. The molecule has 0 fully saturated rings. The zero-order chi connectivity index (χ0) is 13.5. The molecule has 0 aromatic heterocycles. The van der Waals surface area contributed by atoms with Crippen LogP contribution in [0.5, 0.6) is 5.75 Å². The van der Waals surface area contributed by atoms with Gasteiger partial charge in [0.1, 0.15) is 12.4 Å². The first-order chi connectivity index (χ1) is 9.35. The molecule has 19 heavy (non-hydrogen) atoms. The fraction of sp³-hybridized carbons (Fsp3) is 0.250. The lowest BCUT2D eigenvalue weighted by atomic mass is 10.1. The molecule has 0 saturated heterocycles. The third kappa shape index (κ3) is 3.56. The van der Waals surface area contributed by atoms with Crippen molar-refractivity contribution in [3.8, 4) is 5.75 Å². The van der Waals surface area contributed by atoms with Crippen molar-refractivity contribution in [2.24, 2.45) is 0 Å². The average Bonchev–Trinajstić information content (AvgIpc) is 2.48. The van der Waals surface area contributed by atoms with E-state index in [4.69, 9.17) is 14.2 Å². The Morgan fingerprint density at radius 2 is 1.47 bits per heavy atom. The molecule has 0 atom stereocenters. The maximum Gasteiger partial charge on any atom is 0.183 e. The quantitative estimate of drug-likeness (QED) is 0.741. The molecule has 0 spiro atoms. The molecule has 0 amide bonds. The normalized spacial score (nSPS) is 10.7. The summed E-state index contributed by atoms with van der Waals surface area (Å²) >= 11 is 0. The number of para-hydroxylation sites is 1. The highest BCUT2D eigenvalue weighted by molar-refractivity contribution is 5.29. The summed E-state index contributed by atoms with van der Waals surface area (Å²) in [6, 6.07) is 17.7. The summed E-state index contributed by atoms with van der Waals surface area (Å²) in [5.74, 6) is 0.851. The average molecular weight is 258 g/mol. The first-order valence-electron chi connectivity index (χ1n) is 6.16. The van der Waals surface area contributed by atoms with E-state index in [0.29, 0.717) is 6.61 Å². The zero-order valence-electron chi connectivity index (χ0n) is 11.2. The van der Waals surface area contributed by atoms with Crippen molar-refractivity contribution >= 4 is 0 Å². The maximum atomic E-state index is 5.76. The summed E-state index contributed by atoms with van der Waals surface area (Å²) in [4.78, 5) is 0. The van der Waals surface area contributed by atoms with E-state index in [-0.39, 0.29) is 6.29 Å². The van der Waals surface area contributed by atoms with E-state index in [0.717, 1.165) is 16.9 Å². The Labute approximate surface area is 113 Å². The van der Waals surface area contributed by atoms with Crippen molar-refractivity contribution in [3.05, 3.63) is 65.7 Å². The molecule has 0 radical (unpaired) electrons. The second-order valence-corrected chi connectivity index (χ2v) is 4.10. The lowest BCUT2D eigenvalue weighted by Crippen LogP contribution is -2.08. The Morgan fingerprint density at radius 1 is 0.842 bits per heavy atom. The second kappa shape index (κ2) is 6.92. The minimum Gasteiger partial charge on any atom is -0.489 e. The van der Waals surface area contributed by atoms with Crippen molar-refractivity contribution in [1.82, 2.24) is 0 Å². The molecule has 0 N–H and O–H groups in total. The van der Waals surface area contributed by atoms with E-state index in [1.807, 2.05) is 54.6 Å². The molecule has 3 nitrogen and oxygen atoms in total. The van der Waals surface area contributed by atoms with Gasteiger partial charge < -0.3 is 14.2 Å². The third-order valence-corrected chi connectivity index (χ3v) is 2.87. The Bertz CT molecular complexity index is 492. The van der Waals surface area contributed by atoms with Crippen LogP contribution < -0.4 is 4.74 Å². The van der Waals surface area contributed by atoms with Crippen LogP contribution >= 0.6 is 0 Å². The molecule has 2 aromatic rings. The number of benzene rings is 2. The number of rotatable bonds is 6. The van der Waals surface area contributed by atoms with E-state index >= 15 is 0 Å². The number of hydrogen-bond donors (Lipinski definition) is 0. The van der Waals surface area contributed by atoms with Gasteiger partial charge in [-0.1, -0.05) is 42.5 Å². The third-order valence-electron chi connectivity index (χ3n) is 2.87. The first-order valence-corrected chi connectivity index (χ1v) is 6.16. The van der Waals surface area contributed by atoms with Gasteiger partial charge in [0.05, 0.1) is 0 Å². The highest BCUT2D eigenvalue weighted by Crippen LogP contribution is 2.23. The SMILES string of the molecule is COC(OC)c1ccccc1COc1ccccc1. The molecule has 0 saturated carbocycles. The summed E-state index contributed by atoms with van der Waals surface area (Å²) in [5, 5.41) is 0. The zero-order valence-corrected chi connectivity index (χ0v) is 11.2. The molecule has 0 bridgehead atoms. The van der Waals surface area contributed by atoms with Crippen LogP contribution in [0.15, 0.2) is 54.6 Å². The smallest absolute Gasteiger partial charge is 0.183 e. The van der Waals surface area contributed by atoms with E-state index in [9.17, 15) is 0 Å². The molecular formula is C16H18O3. The van der Waals surface area contributed by atoms with Crippen LogP contribution in [0.2, 0.25) is 0 Å². The number of hydrogen-bond acceptors (Lipinski definition) is 3. The summed E-state index contributed by atoms with van der Waals surface area (Å²) < 4.78 is 16.4. The van der Waals surface area contributed by atoms with Crippen molar-refractivity contribution in [2.75, 3.05) is 14.2 Å². The Morgan fingerprint density at radius 3 is 2.16 bits per heavy atom. The highest BCUT2D eigenvalue weighted by Gasteiger charge is 2.13. The number of methoxy groups -OCH3 is 2. The van der Waals surface area contributed by atoms with E-state index in [2.05, 4.69) is 0 Å². The predicted molar refractivity (Wildman–Crippen MR) is 74.0 cm³/mol. The molecule has 100 valence electrons. The van der Waals surface area contributed by atoms with Crippen molar-refractivity contribution in [2.45, 2.75) is 12.9 Å². The van der Waals surface area contributed by atoms with Crippen molar-refractivity contribution in [1.29, 1.82) is 0 Å². The first kappa shape index (κ1) is 13.6. The Hall–Kier alpha value is -1.84. The van der Waals surface area contributed by atoms with Crippen LogP contribution in [0.1, 0.15) is 17.4 Å². The molecule has 0 unspecified atom stereocenters. The molecular weight excluding hydrogens is 240 g/mol. The van der Waals surface area contributed by atoms with Gasteiger partial charge in [-0.3, -0.25) is 0 Å². The van der Waals surface area contributed by atoms with Gasteiger partial charge in [-0.15, -0.1) is 0 Å². The molecule has 2 aromatic carbocycles. The van der Waals surface area contributed by atoms with Gasteiger partial charge in [-0.2, -0.15) is 0 Å². The summed E-state index contributed by atoms with van der Waals surface area (Å²) in [6.45, 7) is 0.489. The van der Waals surface area contributed by atoms with Gasteiger partial charge in [-0.05, 0) is 17.7 Å². The lowest BCUT2D eigenvalue weighted by molar-refractivity contribution is -0.106. The minimum atomic E-state index is -0.365. The Kier molecular flexibility index (Phi) is 4.95. The molecule has 0 heterocycles. The second-order valence-electron chi connectivity index (χ2n) is 4.10. The van der Waals surface area contributed by atoms with Crippen LogP contribution in [0.4, 0.5) is 0 Å². The van der Waals surface area contributed by atoms with Gasteiger partial charge >= 0.3 is 0 Å². The van der Waals surface area contributed by atoms with Gasteiger partial charge in [0.15, 0.2) is 6.29 Å². The molecule has 3 heteroatoms. The summed E-state index contributed by atoms with van der Waals surface area (Å²) in [5.41, 5.74) is 2.04. The van der Waals surface area contributed by atoms with Gasteiger partial charge in [-0.25, -0.2) is 0 Å². The van der Waals surface area contributed by atoms with Crippen LogP contribution in [-0.2, 0) is 16.1 Å². The summed E-state index contributed by atoms with van der Waals surface area (Å²) in [6.07, 6.45) is -0.365. The standard InChI is InChI=1S/C16H18O3/c1-17-16(18-2)15-11-7-6-8-13(15)12-19-14-9-4-3-5-10-14/h3-11,16H,12H2,1-2H3. The van der Waals surface area contributed by atoms with Crippen LogP contribution in [0, 0.1) is 0 Å². The van der Waals surface area contributed by atoms with Gasteiger partial charge in [0.2, 0.25) is 0 Å². The Balaban J connectivity index is 2.12. The monoisotopic (exact) mass is 258 g/mol. The van der Waals surface area contributed by atoms with E-state index in [1.54, 1.807) is 14.2 Å².